The van der Waals surface area contributed by atoms with E-state index in [1.165, 1.54) is 31.5 Å². The first-order valence-corrected chi connectivity index (χ1v) is 11.3. The van der Waals surface area contributed by atoms with Crippen molar-refractivity contribution >= 4 is 45.0 Å². The molecular weight excluding hydrogens is 531 g/mol. The second kappa shape index (κ2) is 10.4. The van der Waals surface area contributed by atoms with E-state index in [0.29, 0.717) is 23.6 Å². The lowest BCUT2D eigenvalue weighted by atomic mass is 10.1. The minimum Gasteiger partial charge on any atom is -0.491 e. The van der Waals surface area contributed by atoms with E-state index in [0.717, 1.165) is 19.2 Å². The van der Waals surface area contributed by atoms with Gasteiger partial charge < -0.3 is 25.6 Å². The molecule has 3 N–H and O–H groups in total. The summed E-state index contributed by atoms with van der Waals surface area (Å²) < 4.78 is 47.5. The maximum atomic E-state index is 13.9. The number of ether oxygens (including phenoxy) is 1. The molecule has 35 heavy (non-hydrogen) atoms. The summed E-state index contributed by atoms with van der Waals surface area (Å²) in [5.41, 5.74) is -1.21. The van der Waals surface area contributed by atoms with Gasteiger partial charge in [0.15, 0.2) is 11.6 Å². The van der Waals surface area contributed by atoms with Gasteiger partial charge in [0.25, 0.3) is 5.91 Å². The summed E-state index contributed by atoms with van der Waals surface area (Å²) >= 11 is 3.16. The Hall–Kier alpha value is -3.45. The Balaban J connectivity index is 1.63. The fourth-order valence-corrected chi connectivity index (χ4v) is 3.78. The lowest BCUT2D eigenvalue weighted by Gasteiger charge is -2.27. The summed E-state index contributed by atoms with van der Waals surface area (Å²) in [6, 6.07) is 8.12. The number of nitrogens with zero attached hydrogens (tertiary/aromatic N) is 4. The van der Waals surface area contributed by atoms with E-state index in [9.17, 15) is 18.0 Å². The molecule has 4 rings (SSSR count). The fraction of sp³-hybridized carbons (Fsp3) is 0.273. The van der Waals surface area contributed by atoms with Gasteiger partial charge in [-0.25, -0.2) is 9.97 Å². The third-order valence-electron chi connectivity index (χ3n) is 5.15. The number of rotatable bonds is 6. The number of pyridine rings is 1. The monoisotopic (exact) mass is 551 g/mol. The highest BCUT2D eigenvalue weighted by Gasteiger charge is 2.34. The normalized spacial score (nSPS) is 13.9. The van der Waals surface area contributed by atoms with Crippen LogP contribution in [0.1, 0.15) is 16.1 Å². The number of anilines is 4. The molecule has 0 aliphatic carbocycles. The number of piperazine rings is 1. The van der Waals surface area contributed by atoms with Crippen LogP contribution in [0.15, 0.2) is 47.2 Å². The predicted molar refractivity (Wildman–Crippen MR) is 128 cm³/mol. The average Bonchev–Trinajstić information content (AvgIpc) is 2.85. The van der Waals surface area contributed by atoms with Crippen molar-refractivity contribution in [1.82, 2.24) is 20.3 Å². The quantitative estimate of drug-likeness (QED) is 0.394. The number of methoxy groups -OCH3 is 1. The summed E-state index contributed by atoms with van der Waals surface area (Å²) in [5.74, 6) is 0.0267. The molecule has 1 aliphatic rings. The number of carbonyl (C=O) groups is 1. The van der Waals surface area contributed by atoms with Gasteiger partial charge in [-0.2, -0.15) is 18.2 Å². The number of nitrogens with one attached hydrogen (secondary N) is 3. The van der Waals surface area contributed by atoms with Crippen LogP contribution in [-0.2, 0) is 6.18 Å². The first kappa shape index (κ1) is 24.7. The van der Waals surface area contributed by atoms with Gasteiger partial charge in [0.05, 0.1) is 24.6 Å². The molecule has 1 aliphatic heterocycles. The first-order valence-electron chi connectivity index (χ1n) is 10.5. The van der Waals surface area contributed by atoms with Crippen LogP contribution in [0, 0.1) is 0 Å². The third kappa shape index (κ3) is 5.98. The molecule has 3 heterocycles. The minimum atomic E-state index is -4.71. The number of amides is 1. The van der Waals surface area contributed by atoms with Crippen molar-refractivity contribution in [3.63, 3.8) is 0 Å². The Morgan fingerprint density at radius 2 is 1.94 bits per heavy atom. The molecule has 1 aromatic carbocycles. The number of hydrogen-bond donors (Lipinski definition) is 3. The molecule has 9 nitrogen and oxygen atoms in total. The van der Waals surface area contributed by atoms with Gasteiger partial charge in [0.1, 0.15) is 10.3 Å². The molecule has 0 atom stereocenters. The predicted octanol–water partition coefficient (Wildman–Crippen LogP) is 4.07. The first-order chi connectivity index (χ1) is 16.7. The molecular formula is C22H21BrF3N7O2. The topological polar surface area (TPSA) is 104 Å². The van der Waals surface area contributed by atoms with Crippen LogP contribution in [0.4, 0.5) is 36.3 Å². The van der Waals surface area contributed by atoms with Gasteiger partial charge in [-0.3, -0.25) is 4.79 Å². The number of hydrogen-bond acceptors (Lipinski definition) is 8. The zero-order valence-electron chi connectivity index (χ0n) is 18.5. The SMILES string of the molecule is COc1cnc(N2CCNCC2)nc1Nc1ccc(NC(=O)c2cccc(Br)n2)cc1C(F)(F)F. The van der Waals surface area contributed by atoms with E-state index >= 15 is 0 Å². The Morgan fingerprint density at radius 1 is 1.17 bits per heavy atom. The Labute approximate surface area is 207 Å². The Morgan fingerprint density at radius 3 is 2.63 bits per heavy atom. The number of halogens is 4. The van der Waals surface area contributed by atoms with Crippen molar-refractivity contribution in [3.05, 3.63) is 58.5 Å². The van der Waals surface area contributed by atoms with E-state index in [1.54, 1.807) is 12.1 Å². The molecule has 0 unspecified atom stereocenters. The summed E-state index contributed by atoms with van der Waals surface area (Å²) in [7, 11) is 1.38. The van der Waals surface area contributed by atoms with Gasteiger partial charge >= 0.3 is 6.18 Å². The molecule has 0 spiro atoms. The van der Waals surface area contributed by atoms with Crippen molar-refractivity contribution in [2.75, 3.05) is 48.8 Å². The summed E-state index contributed by atoms with van der Waals surface area (Å²) in [5, 5.41) is 8.40. The lowest BCUT2D eigenvalue weighted by molar-refractivity contribution is -0.136. The standard InChI is InChI=1S/C22H21BrF3N7O2/c1-35-17-12-28-21(33-9-7-27-8-10-33)32-19(17)31-15-6-5-13(11-14(15)22(24,25)26)29-20(34)16-3-2-4-18(23)30-16/h2-6,11-12,27H,7-10H2,1H3,(H,29,34)(H,28,31,32). The maximum absolute atomic E-state index is 13.9. The van der Waals surface area contributed by atoms with Crippen LogP contribution >= 0.6 is 15.9 Å². The van der Waals surface area contributed by atoms with Crippen LogP contribution in [0.3, 0.4) is 0 Å². The van der Waals surface area contributed by atoms with E-state index in [4.69, 9.17) is 4.74 Å². The Kier molecular flexibility index (Phi) is 7.36. The zero-order chi connectivity index (χ0) is 25.0. The molecule has 1 saturated heterocycles. The van der Waals surface area contributed by atoms with Crippen molar-refractivity contribution in [2.45, 2.75) is 6.18 Å². The number of benzene rings is 1. The molecule has 184 valence electrons. The summed E-state index contributed by atoms with van der Waals surface area (Å²) in [6.45, 7) is 2.83. The smallest absolute Gasteiger partial charge is 0.418 e. The van der Waals surface area contributed by atoms with Crippen molar-refractivity contribution in [2.24, 2.45) is 0 Å². The molecule has 13 heteroatoms. The molecule has 0 bridgehead atoms. The van der Waals surface area contributed by atoms with Gasteiger partial charge in [0.2, 0.25) is 5.95 Å². The van der Waals surface area contributed by atoms with Crippen LogP contribution in [0.5, 0.6) is 5.75 Å². The van der Waals surface area contributed by atoms with E-state index in [1.807, 2.05) is 4.90 Å². The third-order valence-corrected chi connectivity index (χ3v) is 5.59. The van der Waals surface area contributed by atoms with E-state index in [-0.39, 0.29) is 28.6 Å². The lowest BCUT2D eigenvalue weighted by Crippen LogP contribution is -2.44. The summed E-state index contributed by atoms with van der Waals surface area (Å²) in [4.78, 5) is 27.1. The number of aromatic nitrogens is 3. The van der Waals surface area contributed by atoms with Crippen LogP contribution < -0.4 is 25.6 Å². The fourth-order valence-electron chi connectivity index (χ4n) is 3.44. The highest BCUT2D eigenvalue weighted by molar-refractivity contribution is 9.10. The number of alkyl halides is 3. The van der Waals surface area contributed by atoms with Gasteiger partial charge in [-0.15, -0.1) is 0 Å². The summed E-state index contributed by atoms with van der Waals surface area (Å²) in [6.07, 6.45) is -3.29. The molecule has 1 amide bonds. The van der Waals surface area contributed by atoms with Crippen LogP contribution in [0.25, 0.3) is 0 Å². The molecule has 2 aromatic heterocycles. The maximum Gasteiger partial charge on any atom is 0.418 e. The Bertz CT molecular complexity index is 1220. The minimum absolute atomic E-state index is 0.0363. The highest BCUT2D eigenvalue weighted by atomic mass is 79.9. The van der Waals surface area contributed by atoms with Gasteiger partial charge in [0, 0.05) is 31.9 Å². The van der Waals surface area contributed by atoms with Crippen LogP contribution in [-0.4, -0.2) is 54.1 Å². The van der Waals surface area contributed by atoms with Gasteiger partial charge in [-0.1, -0.05) is 6.07 Å². The average molecular weight is 552 g/mol. The van der Waals surface area contributed by atoms with Crippen LogP contribution in [0.2, 0.25) is 0 Å². The van der Waals surface area contributed by atoms with E-state index < -0.39 is 17.6 Å². The van der Waals surface area contributed by atoms with E-state index in [2.05, 4.69) is 46.8 Å². The second-order valence-electron chi connectivity index (χ2n) is 7.51. The largest absolute Gasteiger partial charge is 0.491 e. The van der Waals surface area contributed by atoms with Crippen molar-refractivity contribution in [1.29, 1.82) is 0 Å². The molecule has 3 aromatic rings. The highest BCUT2D eigenvalue weighted by Crippen LogP contribution is 2.39. The molecule has 0 radical (unpaired) electrons. The van der Waals surface area contributed by atoms with Crippen molar-refractivity contribution < 1.29 is 22.7 Å². The second-order valence-corrected chi connectivity index (χ2v) is 8.32. The van der Waals surface area contributed by atoms with Gasteiger partial charge in [-0.05, 0) is 46.3 Å². The van der Waals surface area contributed by atoms with Crippen molar-refractivity contribution in [3.8, 4) is 5.75 Å². The number of carbonyl (C=O) groups excluding carboxylic acids is 1. The molecule has 1 fully saturated rings. The molecule has 0 saturated carbocycles. The zero-order valence-corrected chi connectivity index (χ0v) is 20.1.